The van der Waals surface area contributed by atoms with Gasteiger partial charge in [0, 0.05) is 37.5 Å². The van der Waals surface area contributed by atoms with Crippen LogP contribution in [0.25, 0.3) is 0 Å². The Morgan fingerprint density at radius 2 is 2.14 bits per heavy atom. The molecule has 2 rings (SSSR count). The van der Waals surface area contributed by atoms with Crippen molar-refractivity contribution in [2.75, 3.05) is 7.11 Å². The van der Waals surface area contributed by atoms with Crippen LogP contribution in [0.1, 0.15) is 24.6 Å². The maximum Gasteiger partial charge on any atom is 0.220 e. The molecule has 0 fully saturated rings. The smallest absolute Gasteiger partial charge is 0.220 e. The topological polar surface area (TPSA) is 64.1 Å². The normalized spacial score (nSPS) is 11.7. The van der Waals surface area contributed by atoms with Gasteiger partial charge in [0.15, 0.2) is 0 Å². The Kier molecular flexibility index (Phi) is 5.89. The number of carbonyl (C=O) groups is 1. The van der Waals surface area contributed by atoms with E-state index in [1.807, 2.05) is 31.2 Å². The predicted octanol–water partition coefficient (Wildman–Crippen LogP) is 2.17. The molecule has 0 radical (unpaired) electrons. The average molecular weight is 299 g/mol. The summed E-state index contributed by atoms with van der Waals surface area (Å²) in [6, 6.07) is 7.79. The van der Waals surface area contributed by atoms with Crippen LogP contribution in [0.15, 0.2) is 42.9 Å². The molecule has 0 aliphatic heterocycles. The number of aromatic nitrogens is 2. The van der Waals surface area contributed by atoms with Gasteiger partial charge in [-0.25, -0.2) is 0 Å². The summed E-state index contributed by atoms with van der Waals surface area (Å²) in [5.41, 5.74) is 1.92. The molecule has 1 amide bonds. The Balaban J connectivity index is 1.80. The number of aryl methyl sites for hydroxylation is 1. The molecule has 0 spiro atoms. The van der Waals surface area contributed by atoms with Crippen molar-refractivity contribution < 1.29 is 9.53 Å². The molecule has 1 aromatic heterocycles. The fourth-order valence-electron chi connectivity index (χ4n) is 2.30. The van der Waals surface area contributed by atoms with E-state index in [0.717, 1.165) is 17.0 Å². The van der Waals surface area contributed by atoms with Crippen LogP contribution in [0, 0.1) is 0 Å². The van der Waals surface area contributed by atoms with Gasteiger partial charge in [-0.3, -0.25) is 14.8 Å². The Morgan fingerprint density at radius 3 is 2.86 bits per heavy atom. The number of benzene rings is 1. The largest absolute Gasteiger partial charge is 0.496 e. The van der Waals surface area contributed by atoms with Gasteiger partial charge in [0.2, 0.25) is 5.91 Å². The van der Waals surface area contributed by atoms with Crippen molar-refractivity contribution in [3.05, 3.63) is 54.1 Å². The molecule has 22 heavy (non-hydrogen) atoms. The minimum atomic E-state index is 0.0295. The second kappa shape index (κ2) is 8.12. The third kappa shape index (κ3) is 4.84. The number of ether oxygens (including phenoxy) is 1. The minimum absolute atomic E-state index is 0.0295. The van der Waals surface area contributed by atoms with E-state index >= 15 is 0 Å². The summed E-state index contributed by atoms with van der Waals surface area (Å²) in [6.45, 7) is 1.97. The minimum Gasteiger partial charge on any atom is -0.496 e. The van der Waals surface area contributed by atoms with E-state index in [1.54, 1.807) is 25.7 Å². The van der Waals surface area contributed by atoms with Gasteiger partial charge >= 0.3 is 0 Å². The Morgan fingerprint density at radius 1 is 1.32 bits per heavy atom. The summed E-state index contributed by atoms with van der Waals surface area (Å²) in [4.78, 5) is 20.3. The van der Waals surface area contributed by atoms with Gasteiger partial charge in [0.1, 0.15) is 5.75 Å². The molecular formula is C17H21N3O2. The fourth-order valence-corrected chi connectivity index (χ4v) is 2.30. The van der Waals surface area contributed by atoms with E-state index in [2.05, 4.69) is 15.3 Å². The molecule has 116 valence electrons. The predicted molar refractivity (Wildman–Crippen MR) is 84.7 cm³/mol. The van der Waals surface area contributed by atoms with Crippen molar-refractivity contribution in [3.8, 4) is 5.75 Å². The summed E-state index contributed by atoms with van der Waals surface area (Å²) >= 11 is 0. The Hall–Kier alpha value is -2.43. The van der Waals surface area contributed by atoms with E-state index in [-0.39, 0.29) is 11.9 Å². The molecular weight excluding hydrogens is 278 g/mol. The van der Waals surface area contributed by atoms with Crippen LogP contribution in [0.4, 0.5) is 0 Å². The molecule has 0 aliphatic carbocycles. The molecule has 0 bridgehead atoms. The molecule has 1 atom stereocenters. The van der Waals surface area contributed by atoms with E-state index in [9.17, 15) is 4.79 Å². The first kappa shape index (κ1) is 15.9. The number of amides is 1. The molecule has 1 unspecified atom stereocenters. The molecule has 1 aromatic carbocycles. The first-order valence-corrected chi connectivity index (χ1v) is 7.35. The van der Waals surface area contributed by atoms with E-state index < -0.39 is 0 Å². The molecule has 0 saturated heterocycles. The van der Waals surface area contributed by atoms with Gasteiger partial charge < -0.3 is 10.1 Å². The van der Waals surface area contributed by atoms with E-state index in [0.29, 0.717) is 19.3 Å². The summed E-state index contributed by atoms with van der Waals surface area (Å²) in [5.74, 6) is 0.852. The monoisotopic (exact) mass is 299 g/mol. The number of carbonyl (C=O) groups excluding carboxylic acids is 1. The standard InChI is InChI=1S/C17H21N3O2/c1-13(11-15-12-18-9-10-19-15)20-17(21)8-7-14-5-3-4-6-16(14)22-2/h3-6,9-10,12-13H,7-8,11H2,1-2H3,(H,20,21). The van der Waals surface area contributed by atoms with Gasteiger partial charge in [-0.1, -0.05) is 18.2 Å². The van der Waals surface area contributed by atoms with Gasteiger partial charge in [0.25, 0.3) is 0 Å². The lowest BCUT2D eigenvalue weighted by atomic mass is 10.1. The van der Waals surface area contributed by atoms with Crippen LogP contribution in [0.2, 0.25) is 0 Å². The zero-order valence-electron chi connectivity index (χ0n) is 13.0. The van der Waals surface area contributed by atoms with Crippen LogP contribution in [0.3, 0.4) is 0 Å². The highest BCUT2D eigenvalue weighted by atomic mass is 16.5. The van der Waals surface area contributed by atoms with Crippen molar-refractivity contribution in [2.24, 2.45) is 0 Å². The highest BCUT2D eigenvalue weighted by Crippen LogP contribution is 2.18. The third-order valence-electron chi connectivity index (χ3n) is 3.35. The van der Waals surface area contributed by atoms with E-state index in [1.165, 1.54) is 0 Å². The van der Waals surface area contributed by atoms with Crippen LogP contribution in [-0.2, 0) is 17.6 Å². The SMILES string of the molecule is COc1ccccc1CCC(=O)NC(C)Cc1cnccn1. The molecule has 2 aromatic rings. The summed E-state index contributed by atoms with van der Waals surface area (Å²) in [5, 5.41) is 2.99. The molecule has 0 saturated carbocycles. The van der Waals surface area contributed by atoms with Gasteiger partial charge in [0.05, 0.1) is 12.8 Å². The van der Waals surface area contributed by atoms with Crippen molar-refractivity contribution >= 4 is 5.91 Å². The summed E-state index contributed by atoms with van der Waals surface area (Å²) in [7, 11) is 1.64. The van der Waals surface area contributed by atoms with Crippen molar-refractivity contribution in [1.82, 2.24) is 15.3 Å². The van der Waals surface area contributed by atoms with Gasteiger partial charge in [-0.15, -0.1) is 0 Å². The highest BCUT2D eigenvalue weighted by Gasteiger charge is 2.10. The van der Waals surface area contributed by atoms with Crippen molar-refractivity contribution in [1.29, 1.82) is 0 Å². The second-order valence-electron chi connectivity index (χ2n) is 5.18. The van der Waals surface area contributed by atoms with Crippen LogP contribution < -0.4 is 10.1 Å². The lowest BCUT2D eigenvalue weighted by Gasteiger charge is -2.14. The van der Waals surface area contributed by atoms with Crippen LogP contribution >= 0.6 is 0 Å². The number of nitrogens with zero attached hydrogens (tertiary/aromatic N) is 2. The maximum atomic E-state index is 12.0. The highest BCUT2D eigenvalue weighted by molar-refractivity contribution is 5.76. The molecule has 0 aliphatic rings. The molecule has 1 N–H and O–H groups in total. The quantitative estimate of drug-likeness (QED) is 0.851. The number of para-hydroxylation sites is 1. The van der Waals surface area contributed by atoms with Crippen molar-refractivity contribution in [3.63, 3.8) is 0 Å². The lowest BCUT2D eigenvalue weighted by Crippen LogP contribution is -2.34. The average Bonchev–Trinajstić information content (AvgIpc) is 2.54. The fraction of sp³-hybridized carbons (Fsp3) is 0.353. The molecule has 1 heterocycles. The van der Waals surface area contributed by atoms with Gasteiger partial charge in [-0.2, -0.15) is 0 Å². The number of methoxy groups -OCH3 is 1. The zero-order chi connectivity index (χ0) is 15.8. The Bertz CT molecular complexity index is 602. The maximum absolute atomic E-state index is 12.0. The number of nitrogens with one attached hydrogen (secondary N) is 1. The number of rotatable bonds is 7. The molecule has 5 nitrogen and oxygen atoms in total. The summed E-state index contributed by atoms with van der Waals surface area (Å²) < 4.78 is 5.29. The number of hydrogen-bond donors (Lipinski definition) is 1. The van der Waals surface area contributed by atoms with Crippen LogP contribution in [-0.4, -0.2) is 29.0 Å². The lowest BCUT2D eigenvalue weighted by molar-refractivity contribution is -0.121. The van der Waals surface area contributed by atoms with Crippen molar-refractivity contribution in [2.45, 2.75) is 32.2 Å². The van der Waals surface area contributed by atoms with Crippen LogP contribution in [0.5, 0.6) is 5.75 Å². The van der Waals surface area contributed by atoms with Gasteiger partial charge in [-0.05, 0) is 25.0 Å². The summed E-state index contributed by atoms with van der Waals surface area (Å²) in [6.07, 6.45) is 6.79. The Labute approximate surface area is 130 Å². The number of hydrogen-bond acceptors (Lipinski definition) is 4. The third-order valence-corrected chi connectivity index (χ3v) is 3.35. The van der Waals surface area contributed by atoms with E-state index in [4.69, 9.17) is 4.74 Å². The second-order valence-corrected chi connectivity index (χ2v) is 5.18. The first-order chi connectivity index (χ1) is 10.7. The first-order valence-electron chi connectivity index (χ1n) is 7.35. The zero-order valence-corrected chi connectivity index (χ0v) is 13.0. The molecule has 5 heteroatoms.